The van der Waals surface area contributed by atoms with E-state index in [1.54, 1.807) is 7.11 Å². The van der Waals surface area contributed by atoms with E-state index in [1.807, 2.05) is 6.08 Å². The third-order valence-electron chi connectivity index (χ3n) is 4.32. The molecule has 2 aliphatic rings. The summed E-state index contributed by atoms with van der Waals surface area (Å²) in [5.41, 5.74) is 2.66. The molecule has 0 heterocycles. The smallest absolute Gasteiger partial charge is 0.237 e. The van der Waals surface area contributed by atoms with Gasteiger partial charge >= 0.3 is 0 Å². The van der Waals surface area contributed by atoms with Crippen molar-refractivity contribution in [2.75, 3.05) is 7.11 Å². The Morgan fingerprint density at radius 2 is 1.68 bits per heavy atom. The number of methoxy groups -OCH3 is 1. The minimum absolute atomic E-state index is 0.0242. The van der Waals surface area contributed by atoms with E-state index >= 15 is 0 Å². The highest BCUT2D eigenvalue weighted by Gasteiger charge is 2.44. The van der Waals surface area contributed by atoms with Gasteiger partial charge in [-0.1, -0.05) is 59.8 Å². The first-order valence-electron chi connectivity index (χ1n) is 8.13. The molecule has 0 saturated carbocycles. The largest absolute Gasteiger partial charge is 0.458 e. The summed E-state index contributed by atoms with van der Waals surface area (Å²) in [6, 6.07) is 0. The van der Waals surface area contributed by atoms with Crippen molar-refractivity contribution in [3.63, 3.8) is 0 Å². The minimum atomic E-state index is -0.701. The molecule has 0 amide bonds. The van der Waals surface area contributed by atoms with Crippen LogP contribution in [0.5, 0.6) is 0 Å². The Hall–Kier alpha value is -1.28. The van der Waals surface area contributed by atoms with E-state index in [9.17, 15) is 0 Å². The summed E-state index contributed by atoms with van der Waals surface area (Å²) in [6.45, 7) is 13.4. The zero-order valence-electron chi connectivity index (χ0n) is 15.1. The molecule has 2 aliphatic carbocycles. The molecule has 0 aliphatic heterocycles. The average Bonchev–Trinajstić information content (AvgIpc) is 2.89. The fourth-order valence-electron chi connectivity index (χ4n) is 3.02. The van der Waals surface area contributed by atoms with Crippen LogP contribution in [0.4, 0.5) is 0 Å². The third-order valence-corrected chi connectivity index (χ3v) is 4.32. The second kappa shape index (κ2) is 5.73. The first-order chi connectivity index (χ1) is 10.1. The molecule has 0 fully saturated rings. The number of rotatable bonds is 3. The quantitative estimate of drug-likeness (QED) is 0.637. The van der Waals surface area contributed by atoms with E-state index in [-0.39, 0.29) is 10.8 Å². The van der Waals surface area contributed by atoms with E-state index in [0.29, 0.717) is 0 Å². The Balaban J connectivity index is 2.44. The lowest BCUT2D eigenvalue weighted by Gasteiger charge is -2.43. The van der Waals surface area contributed by atoms with Crippen molar-refractivity contribution in [1.29, 1.82) is 0 Å². The normalized spacial score (nSPS) is 25.7. The molecule has 0 aromatic rings. The molecule has 0 radical (unpaired) electrons. The van der Waals surface area contributed by atoms with E-state index in [1.165, 1.54) is 11.1 Å². The van der Waals surface area contributed by atoms with Gasteiger partial charge in [0.2, 0.25) is 5.79 Å². The van der Waals surface area contributed by atoms with Gasteiger partial charge in [-0.25, -0.2) is 0 Å². The highest BCUT2D eigenvalue weighted by atomic mass is 16.7. The van der Waals surface area contributed by atoms with Gasteiger partial charge in [0.15, 0.2) is 0 Å². The average molecular weight is 302 g/mol. The predicted molar refractivity (Wildman–Crippen MR) is 92.4 cm³/mol. The maximum atomic E-state index is 6.33. The molecule has 0 bridgehead atoms. The lowest BCUT2D eigenvalue weighted by Crippen LogP contribution is -2.43. The fourth-order valence-corrected chi connectivity index (χ4v) is 3.02. The van der Waals surface area contributed by atoms with Crippen LogP contribution in [0.25, 0.3) is 0 Å². The van der Waals surface area contributed by atoms with Crippen molar-refractivity contribution >= 4 is 0 Å². The molecule has 122 valence electrons. The van der Waals surface area contributed by atoms with E-state index in [2.05, 4.69) is 65.8 Å². The van der Waals surface area contributed by atoms with Crippen molar-refractivity contribution in [1.82, 2.24) is 0 Å². The first kappa shape index (κ1) is 17.1. The van der Waals surface area contributed by atoms with Crippen LogP contribution in [-0.2, 0) is 9.47 Å². The molecule has 0 saturated heterocycles. The molecule has 1 unspecified atom stereocenters. The van der Waals surface area contributed by atoms with Crippen molar-refractivity contribution in [3.05, 3.63) is 47.3 Å². The zero-order valence-corrected chi connectivity index (χ0v) is 15.1. The summed E-state index contributed by atoms with van der Waals surface area (Å²) in [6.07, 6.45) is 12.5. The number of hydrogen-bond acceptors (Lipinski definition) is 2. The van der Waals surface area contributed by atoms with Gasteiger partial charge in [-0.05, 0) is 35.0 Å². The molecule has 1 atom stereocenters. The van der Waals surface area contributed by atoms with Gasteiger partial charge in [-0.3, -0.25) is 0 Å². The van der Waals surface area contributed by atoms with Crippen molar-refractivity contribution in [2.45, 2.75) is 60.2 Å². The minimum Gasteiger partial charge on any atom is -0.458 e. The van der Waals surface area contributed by atoms with Crippen LogP contribution in [0.15, 0.2) is 47.3 Å². The van der Waals surface area contributed by atoms with Gasteiger partial charge in [-0.2, -0.15) is 0 Å². The van der Waals surface area contributed by atoms with Gasteiger partial charge in [0.25, 0.3) is 0 Å². The highest BCUT2D eigenvalue weighted by Crippen LogP contribution is 2.46. The van der Waals surface area contributed by atoms with Gasteiger partial charge in [0, 0.05) is 19.1 Å². The number of ether oxygens (including phenoxy) is 2. The SMILES string of the molecule is COC1(OC2=CCC=C2)CC=C(C(C)(C)C)C=C1C(C)(C)C. The molecule has 2 nitrogen and oxygen atoms in total. The molecule has 2 rings (SSSR count). The number of allylic oxidation sites excluding steroid dienone is 5. The second-order valence-corrected chi connectivity index (χ2v) is 8.23. The Labute approximate surface area is 135 Å². The Morgan fingerprint density at radius 1 is 1.00 bits per heavy atom. The molecular formula is C20H30O2. The Bertz CT molecular complexity index is 547. The van der Waals surface area contributed by atoms with Gasteiger partial charge in [0.1, 0.15) is 5.76 Å². The fraction of sp³-hybridized carbons (Fsp3) is 0.600. The van der Waals surface area contributed by atoms with Gasteiger partial charge < -0.3 is 9.47 Å². The van der Waals surface area contributed by atoms with E-state index in [4.69, 9.17) is 9.47 Å². The van der Waals surface area contributed by atoms with Crippen LogP contribution in [0, 0.1) is 10.8 Å². The molecule has 0 spiro atoms. The molecule has 0 N–H and O–H groups in total. The maximum Gasteiger partial charge on any atom is 0.237 e. The lowest BCUT2D eigenvalue weighted by molar-refractivity contribution is -0.174. The highest BCUT2D eigenvalue weighted by molar-refractivity contribution is 5.40. The standard InChI is InChI=1S/C20H30O2/c1-18(2,3)15-12-13-20(21-7,17(14-15)19(4,5)6)22-16-10-8-9-11-16/h8,10-12,14H,9,13H2,1-7H3. The maximum absolute atomic E-state index is 6.33. The van der Waals surface area contributed by atoms with Crippen LogP contribution in [0.1, 0.15) is 54.4 Å². The molecular weight excluding hydrogens is 272 g/mol. The number of hydrogen-bond donors (Lipinski definition) is 0. The van der Waals surface area contributed by atoms with Crippen molar-refractivity contribution in [3.8, 4) is 0 Å². The zero-order chi connectivity index (χ0) is 16.6. The monoisotopic (exact) mass is 302 g/mol. The molecule has 0 aromatic heterocycles. The lowest BCUT2D eigenvalue weighted by atomic mass is 9.72. The van der Waals surface area contributed by atoms with Crippen LogP contribution >= 0.6 is 0 Å². The van der Waals surface area contributed by atoms with Crippen molar-refractivity contribution < 1.29 is 9.47 Å². The summed E-state index contributed by atoms with van der Waals surface area (Å²) in [7, 11) is 1.74. The van der Waals surface area contributed by atoms with E-state index in [0.717, 1.165) is 18.6 Å². The van der Waals surface area contributed by atoms with Crippen molar-refractivity contribution in [2.24, 2.45) is 10.8 Å². The molecule has 0 aromatic carbocycles. The first-order valence-corrected chi connectivity index (χ1v) is 8.13. The molecule has 22 heavy (non-hydrogen) atoms. The summed E-state index contributed by atoms with van der Waals surface area (Å²) >= 11 is 0. The molecule has 2 heteroatoms. The van der Waals surface area contributed by atoms with Crippen LogP contribution in [0.3, 0.4) is 0 Å². The second-order valence-electron chi connectivity index (χ2n) is 8.23. The van der Waals surface area contributed by atoms with E-state index < -0.39 is 5.79 Å². The van der Waals surface area contributed by atoms with Gasteiger partial charge in [-0.15, -0.1) is 0 Å². The predicted octanol–water partition coefficient (Wildman–Crippen LogP) is 5.54. The Kier molecular flexibility index (Phi) is 4.45. The Morgan fingerprint density at radius 3 is 2.14 bits per heavy atom. The summed E-state index contributed by atoms with van der Waals surface area (Å²) in [5, 5.41) is 0. The van der Waals surface area contributed by atoms with Crippen LogP contribution in [-0.4, -0.2) is 12.9 Å². The van der Waals surface area contributed by atoms with Crippen LogP contribution in [0.2, 0.25) is 0 Å². The summed E-state index contributed by atoms with van der Waals surface area (Å²) in [4.78, 5) is 0. The third kappa shape index (κ3) is 3.38. The topological polar surface area (TPSA) is 18.5 Å². The van der Waals surface area contributed by atoms with Crippen LogP contribution < -0.4 is 0 Å². The van der Waals surface area contributed by atoms with Gasteiger partial charge in [0.05, 0.1) is 0 Å². The summed E-state index contributed by atoms with van der Waals surface area (Å²) in [5.74, 6) is 0.206. The summed E-state index contributed by atoms with van der Waals surface area (Å²) < 4.78 is 12.3.